The second-order valence-electron chi connectivity index (χ2n) is 9.13. The van der Waals surface area contributed by atoms with Gasteiger partial charge in [-0.3, -0.25) is 9.59 Å². The molecule has 1 heterocycles. The van der Waals surface area contributed by atoms with Crippen molar-refractivity contribution >= 4 is 39.0 Å². The number of benzene rings is 3. The fourth-order valence-electron chi connectivity index (χ4n) is 4.48. The maximum atomic E-state index is 13.1. The molecule has 0 spiro atoms. The molecule has 0 aliphatic carbocycles. The molecule has 6 nitrogen and oxygen atoms in total. The number of piperidine rings is 1. The van der Waals surface area contributed by atoms with E-state index in [1.54, 1.807) is 36.4 Å². The summed E-state index contributed by atoms with van der Waals surface area (Å²) in [5, 5.41) is 3.13. The highest BCUT2D eigenvalue weighted by atomic mass is 35.5. The van der Waals surface area contributed by atoms with Crippen LogP contribution in [0.4, 0.5) is 5.69 Å². The van der Waals surface area contributed by atoms with Crippen molar-refractivity contribution in [2.45, 2.75) is 25.2 Å². The van der Waals surface area contributed by atoms with Gasteiger partial charge in [0.25, 0.3) is 5.91 Å². The van der Waals surface area contributed by atoms with Crippen molar-refractivity contribution in [1.82, 2.24) is 4.31 Å². The first kappa shape index (κ1) is 25.1. The monoisotopic (exact) mass is 510 g/mol. The van der Waals surface area contributed by atoms with Crippen molar-refractivity contribution in [1.29, 1.82) is 0 Å². The number of carbonyl (C=O) groups excluding carboxylic acids is 2. The number of nitrogens with zero attached hydrogens (tertiary/aromatic N) is 1. The fourth-order valence-corrected chi connectivity index (χ4v) is 6.33. The van der Waals surface area contributed by atoms with E-state index in [1.807, 2.05) is 6.07 Å². The van der Waals surface area contributed by atoms with Crippen molar-refractivity contribution in [2.75, 3.05) is 18.4 Å². The third-order valence-corrected chi connectivity index (χ3v) is 8.18. The molecule has 8 heteroatoms. The Bertz CT molecular complexity index is 1330. The molecule has 0 unspecified atom stereocenters. The van der Waals surface area contributed by atoms with Gasteiger partial charge in [0, 0.05) is 34.8 Å². The number of hydrogen-bond acceptors (Lipinski definition) is 4. The highest BCUT2D eigenvalue weighted by Crippen LogP contribution is 2.28. The van der Waals surface area contributed by atoms with Crippen LogP contribution >= 0.6 is 11.6 Å². The van der Waals surface area contributed by atoms with E-state index in [4.69, 9.17) is 11.6 Å². The third kappa shape index (κ3) is 5.64. The van der Waals surface area contributed by atoms with Crippen molar-refractivity contribution in [2.24, 2.45) is 11.8 Å². The number of carbonyl (C=O) groups is 2. The molecule has 1 aliphatic heterocycles. The van der Waals surface area contributed by atoms with Crippen LogP contribution < -0.4 is 5.32 Å². The number of anilines is 1. The second kappa shape index (κ2) is 10.3. The van der Waals surface area contributed by atoms with E-state index in [9.17, 15) is 18.0 Å². The average molecular weight is 511 g/mol. The van der Waals surface area contributed by atoms with Crippen LogP contribution in [0.15, 0.2) is 77.7 Å². The lowest BCUT2D eigenvalue weighted by molar-refractivity contribution is 0.102. The molecular weight excluding hydrogens is 484 g/mol. The zero-order chi connectivity index (χ0) is 25.2. The maximum Gasteiger partial charge on any atom is 0.255 e. The van der Waals surface area contributed by atoms with Gasteiger partial charge in [-0.05, 0) is 60.7 Å². The van der Waals surface area contributed by atoms with Gasteiger partial charge in [0.05, 0.1) is 10.6 Å². The Balaban J connectivity index is 1.54. The molecule has 1 N–H and O–H groups in total. The molecule has 3 aromatic carbocycles. The van der Waals surface area contributed by atoms with Crippen LogP contribution in [0.25, 0.3) is 0 Å². The lowest BCUT2D eigenvalue weighted by atomic mass is 9.94. The Morgan fingerprint density at radius 1 is 0.886 bits per heavy atom. The second-order valence-corrected chi connectivity index (χ2v) is 11.5. The minimum atomic E-state index is -3.64. The molecule has 35 heavy (non-hydrogen) atoms. The molecule has 1 amide bonds. The summed E-state index contributed by atoms with van der Waals surface area (Å²) in [7, 11) is -3.64. The van der Waals surface area contributed by atoms with Gasteiger partial charge >= 0.3 is 0 Å². The maximum absolute atomic E-state index is 13.1. The summed E-state index contributed by atoms with van der Waals surface area (Å²) >= 11 is 6.12. The average Bonchev–Trinajstić information content (AvgIpc) is 2.84. The number of nitrogens with one attached hydrogen (secondary N) is 1. The van der Waals surface area contributed by atoms with Crippen LogP contribution in [0, 0.1) is 11.8 Å². The van der Waals surface area contributed by atoms with E-state index >= 15 is 0 Å². The molecule has 1 fully saturated rings. The van der Waals surface area contributed by atoms with E-state index in [2.05, 4.69) is 19.2 Å². The summed E-state index contributed by atoms with van der Waals surface area (Å²) in [6, 6.07) is 19.3. The molecule has 0 aromatic heterocycles. The summed E-state index contributed by atoms with van der Waals surface area (Å²) in [4.78, 5) is 26.1. The number of ketones is 1. The van der Waals surface area contributed by atoms with Crippen LogP contribution in [0.3, 0.4) is 0 Å². The summed E-state index contributed by atoms with van der Waals surface area (Å²) in [5.41, 5.74) is 1.34. The molecule has 3 aromatic rings. The van der Waals surface area contributed by atoms with Gasteiger partial charge in [-0.1, -0.05) is 55.8 Å². The van der Waals surface area contributed by atoms with Crippen LogP contribution in [-0.2, 0) is 10.0 Å². The Labute approximate surface area is 211 Å². The normalized spacial score (nSPS) is 18.7. The Morgan fingerprint density at radius 2 is 1.51 bits per heavy atom. The number of sulfonamides is 1. The number of rotatable bonds is 6. The van der Waals surface area contributed by atoms with E-state index in [0.717, 1.165) is 6.42 Å². The predicted molar refractivity (Wildman–Crippen MR) is 137 cm³/mol. The SMILES string of the molecule is C[C@@H]1C[C@@H](C)CN(S(=O)(=O)c2ccc(C(=O)Nc3ccc(Cl)cc3C(=O)c3ccccc3)cc2)C1. The molecule has 0 bridgehead atoms. The Kier molecular flexibility index (Phi) is 7.40. The van der Waals surface area contributed by atoms with Crippen LogP contribution in [-0.4, -0.2) is 37.5 Å². The molecular formula is C27H27ClN2O4S. The van der Waals surface area contributed by atoms with E-state index in [1.165, 1.54) is 34.6 Å². The third-order valence-electron chi connectivity index (χ3n) is 6.10. The van der Waals surface area contributed by atoms with E-state index in [-0.39, 0.29) is 21.8 Å². The van der Waals surface area contributed by atoms with Crippen molar-refractivity contribution in [3.05, 3.63) is 94.5 Å². The van der Waals surface area contributed by atoms with Gasteiger partial charge in [-0.2, -0.15) is 4.31 Å². The number of halogens is 1. The summed E-state index contributed by atoms with van der Waals surface area (Å²) in [6.07, 6.45) is 1.00. The lowest BCUT2D eigenvalue weighted by Crippen LogP contribution is -2.42. The van der Waals surface area contributed by atoms with Crippen molar-refractivity contribution < 1.29 is 18.0 Å². The summed E-state index contributed by atoms with van der Waals surface area (Å²) in [6.45, 7) is 5.09. The lowest BCUT2D eigenvalue weighted by Gasteiger charge is -2.34. The Hall–Kier alpha value is -3.00. The predicted octanol–water partition coefficient (Wildman–Crippen LogP) is 5.49. The minimum absolute atomic E-state index is 0.154. The Morgan fingerprint density at radius 3 is 2.14 bits per heavy atom. The molecule has 0 saturated carbocycles. The minimum Gasteiger partial charge on any atom is -0.321 e. The van der Waals surface area contributed by atoms with Gasteiger partial charge in [-0.15, -0.1) is 0 Å². The van der Waals surface area contributed by atoms with Crippen LogP contribution in [0.2, 0.25) is 5.02 Å². The first-order chi connectivity index (χ1) is 16.6. The van der Waals surface area contributed by atoms with E-state index in [0.29, 0.717) is 41.2 Å². The summed E-state index contributed by atoms with van der Waals surface area (Å²) < 4.78 is 27.7. The molecule has 0 radical (unpaired) electrons. The number of hydrogen-bond donors (Lipinski definition) is 1. The zero-order valence-electron chi connectivity index (χ0n) is 19.6. The van der Waals surface area contributed by atoms with Crippen molar-refractivity contribution in [3.63, 3.8) is 0 Å². The first-order valence-electron chi connectivity index (χ1n) is 11.5. The van der Waals surface area contributed by atoms with Crippen LogP contribution in [0.1, 0.15) is 46.5 Å². The van der Waals surface area contributed by atoms with Crippen LogP contribution in [0.5, 0.6) is 0 Å². The van der Waals surface area contributed by atoms with Gasteiger partial charge in [0.1, 0.15) is 0 Å². The van der Waals surface area contributed by atoms with Gasteiger partial charge in [0.2, 0.25) is 10.0 Å². The quantitative estimate of drug-likeness (QED) is 0.444. The molecule has 1 saturated heterocycles. The highest BCUT2D eigenvalue weighted by Gasteiger charge is 2.31. The zero-order valence-corrected chi connectivity index (χ0v) is 21.1. The van der Waals surface area contributed by atoms with Gasteiger partial charge in [0.15, 0.2) is 5.78 Å². The molecule has 4 rings (SSSR count). The smallest absolute Gasteiger partial charge is 0.255 e. The first-order valence-corrected chi connectivity index (χ1v) is 13.3. The number of amides is 1. The fraction of sp³-hybridized carbons (Fsp3) is 0.259. The molecule has 1 aliphatic rings. The van der Waals surface area contributed by atoms with E-state index < -0.39 is 15.9 Å². The standard InChI is InChI=1S/C27H27ClN2O4S/c1-18-14-19(2)17-30(16-18)35(33,34)23-11-8-21(9-12-23)27(32)29-25-13-10-22(28)15-24(25)26(31)20-6-4-3-5-7-20/h3-13,15,18-19H,14,16-17H2,1-2H3,(H,29,32)/t18-,19-/m1/s1. The van der Waals surface area contributed by atoms with Gasteiger partial charge < -0.3 is 5.32 Å². The molecule has 2 atom stereocenters. The van der Waals surface area contributed by atoms with Gasteiger partial charge in [-0.25, -0.2) is 8.42 Å². The summed E-state index contributed by atoms with van der Waals surface area (Å²) in [5.74, 6) is -0.134. The topological polar surface area (TPSA) is 83.6 Å². The molecule has 182 valence electrons. The highest BCUT2D eigenvalue weighted by molar-refractivity contribution is 7.89. The van der Waals surface area contributed by atoms with Crippen molar-refractivity contribution in [3.8, 4) is 0 Å². The largest absolute Gasteiger partial charge is 0.321 e.